The topological polar surface area (TPSA) is 172 Å². The molecule has 4 unspecified atom stereocenters. The van der Waals surface area contributed by atoms with Crippen LogP contribution in [0.25, 0.3) is 0 Å². The number of benzene rings is 1. The normalized spacial score (nSPS) is 22.5. The molecule has 60 heavy (non-hydrogen) atoms. The van der Waals surface area contributed by atoms with Crippen molar-refractivity contribution in [1.82, 2.24) is 28.8 Å². The van der Waals surface area contributed by atoms with Gasteiger partial charge >= 0.3 is 0 Å². The molecule has 2 N–H and O–H groups in total. The SMILES string of the molecule is CNC(=O)C(CCC=O)N(C=O)c1ccc(CCCCC(=O)N(C)C2CN(S(=O)N3CCC(Nc4ncc5c(n4)N(C4CCCC4C)C(=O)C54CC4)CC3)C2)cc1N(C)C. The second-order valence-corrected chi connectivity index (χ2v) is 19.1. The first kappa shape index (κ1) is 43.6. The highest BCUT2D eigenvalue weighted by Crippen LogP contribution is 2.58. The number of fused-ring (bicyclic) bond motifs is 2. The molecule has 1 spiro atoms. The van der Waals surface area contributed by atoms with Crippen LogP contribution in [0.4, 0.5) is 23.1 Å². The molecule has 1 aromatic heterocycles. The molecule has 3 aliphatic heterocycles. The monoisotopic (exact) mass is 846 g/mol. The zero-order chi connectivity index (χ0) is 42.7. The van der Waals surface area contributed by atoms with E-state index in [1.807, 2.05) is 63.9 Å². The molecule has 4 amide bonds. The molecule has 4 heterocycles. The third kappa shape index (κ3) is 8.80. The first-order valence-electron chi connectivity index (χ1n) is 21.7. The van der Waals surface area contributed by atoms with Gasteiger partial charge in [0.1, 0.15) is 18.1 Å². The van der Waals surface area contributed by atoms with Gasteiger partial charge in [0.2, 0.25) is 30.1 Å². The molecule has 0 radical (unpaired) electrons. The maximum Gasteiger partial charge on any atom is 0.242 e. The number of aldehydes is 1. The Labute approximate surface area is 356 Å². The molecule has 16 nitrogen and oxygen atoms in total. The van der Waals surface area contributed by atoms with Gasteiger partial charge in [-0.2, -0.15) is 4.98 Å². The summed E-state index contributed by atoms with van der Waals surface area (Å²) < 4.78 is 17.5. The number of unbranched alkanes of at least 4 members (excludes halogenated alkanes) is 1. The van der Waals surface area contributed by atoms with E-state index in [2.05, 4.69) is 22.5 Å². The minimum Gasteiger partial charge on any atom is -0.376 e. The van der Waals surface area contributed by atoms with Gasteiger partial charge in [0.25, 0.3) is 0 Å². The van der Waals surface area contributed by atoms with Gasteiger partial charge in [-0.3, -0.25) is 24.1 Å². The molecule has 17 heteroatoms. The Hall–Kier alpha value is -4.48. The van der Waals surface area contributed by atoms with Gasteiger partial charge in [0.15, 0.2) is 11.2 Å². The van der Waals surface area contributed by atoms with Crippen LogP contribution in [0.3, 0.4) is 0 Å². The smallest absolute Gasteiger partial charge is 0.242 e. The van der Waals surface area contributed by atoms with Crippen LogP contribution in [-0.2, 0) is 47.0 Å². The van der Waals surface area contributed by atoms with Crippen molar-refractivity contribution >= 4 is 64.7 Å². The number of hydrogen-bond donors (Lipinski definition) is 2. The number of nitrogens with zero attached hydrogens (tertiary/aromatic N) is 8. The van der Waals surface area contributed by atoms with Crippen molar-refractivity contribution < 1.29 is 28.2 Å². The predicted molar refractivity (Wildman–Crippen MR) is 232 cm³/mol. The number of carbonyl (C=O) groups excluding carboxylic acids is 5. The Bertz CT molecular complexity index is 1950. The highest BCUT2D eigenvalue weighted by Gasteiger charge is 2.62. The summed E-state index contributed by atoms with van der Waals surface area (Å²) in [6.07, 6.45) is 13.0. The largest absolute Gasteiger partial charge is 0.376 e. The summed E-state index contributed by atoms with van der Waals surface area (Å²) in [6.45, 7) is 4.72. The lowest BCUT2D eigenvalue weighted by molar-refractivity contribution is -0.134. The molecule has 0 bridgehead atoms. The van der Waals surface area contributed by atoms with Crippen LogP contribution in [0.2, 0.25) is 0 Å². The number of aromatic nitrogens is 2. The zero-order valence-corrected chi connectivity index (χ0v) is 36.6. The Morgan fingerprint density at radius 1 is 1.03 bits per heavy atom. The van der Waals surface area contributed by atoms with Gasteiger partial charge in [-0.25, -0.2) is 17.8 Å². The van der Waals surface area contributed by atoms with Crippen LogP contribution >= 0.6 is 0 Å². The number of aryl methyl sites for hydroxylation is 1. The van der Waals surface area contributed by atoms with Crippen molar-refractivity contribution in [1.29, 1.82) is 0 Å². The molecule has 5 aliphatic rings. The summed E-state index contributed by atoms with van der Waals surface area (Å²) >= 11 is -1.27. The van der Waals surface area contributed by atoms with Gasteiger partial charge in [-0.05, 0) is 87.8 Å². The molecular formula is C43H62N10O6S. The fourth-order valence-electron chi connectivity index (χ4n) is 9.50. The molecule has 2 saturated heterocycles. The van der Waals surface area contributed by atoms with Crippen LogP contribution in [0.1, 0.15) is 95.1 Å². The maximum absolute atomic E-state index is 13.6. The first-order chi connectivity index (χ1) is 28.9. The lowest BCUT2D eigenvalue weighted by Crippen LogP contribution is -2.62. The number of amides is 4. The van der Waals surface area contributed by atoms with Crippen LogP contribution in [0.15, 0.2) is 24.4 Å². The number of anilines is 4. The Balaban J connectivity index is 0.835. The molecule has 2 saturated carbocycles. The second-order valence-electron chi connectivity index (χ2n) is 17.6. The molecular weight excluding hydrogens is 785 g/mol. The summed E-state index contributed by atoms with van der Waals surface area (Å²) in [4.78, 5) is 79.4. The van der Waals surface area contributed by atoms with E-state index in [0.29, 0.717) is 63.0 Å². The molecule has 7 rings (SSSR count). The van der Waals surface area contributed by atoms with Gasteiger partial charge < -0.3 is 30.1 Å². The molecule has 1 aromatic carbocycles. The number of nitrogens with one attached hydrogen (secondary N) is 2. The van der Waals surface area contributed by atoms with Gasteiger partial charge in [-0.1, -0.05) is 19.4 Å². The first-order valence-corrected chi connectivity index (χ1v) is 22.8. The fraction of sp³-hybridized carbons (Fsp3) is 0.651. The minimum absolute atomic E-state index is 0.0205. The van der Waals surface area contributed by atoms with Crippen molar-refractivity contribution in [3.63, 3.8) is 0 Å². The van der Waals surface area contributed by atoms with Crippen molar-refractivity contribution in [3.8, 4) is 0 Å². The average molecular weight is 847 g/mol. The van der Waals surface area contributed by atoms with E-state index in [1.54, 1.807) is 4.90 Å². The van der Waals surface area contributed by atoms with Gasteiger partial charge in [-0.15, -0.1) is 0 Å². The van der Waals surface area contributed by atoms with Gasteiger partial charge in [0, 0.05) is 91.1 Å². The second kappa shape index (κ2) is 18.6. The highest BCUT2D eigenvalue weighted by atomic mass is 32.2. The molecule has 4 fully saturated rings. The number of hydrogen-bond acceptors (Lipinski definition) is 10. The lowest BCUT2D eigenvalue weighted by Gasteiger charge is -2.45. The number of piperidine rings is 1. The van der Waals surface area contributed by atoms with E-state index in [9.17, 15) is 28.2 Å². The fourth-order valence-corrected chi connectivity index (χ4v) is 10.9. The summed E-state index contributed by atoms with van der Waals surface area (Å²) in [5.74, 6) is 1.78. The number of likely N-dealkylation sites (N-methyl/N-ethyl adjacent to an activating group) is 2. The molecule has 326 valence electrons. The summed E-state index contributed by atoms with van der Waals surface area (Å²) in [5, 5.41) is 6.12. The molecule has 2 aromatic rings. The Morgan fingerprint density at radius 2 is 1.78 bits per heavy atom. The average Bonchev–Trinajstić information content (AvgIpc) is 3.88. The van der Waals surface area contributed by atoms with E-state index >= 15 is 0 Å². The van der Waals surface area contributed by atoms with E-state index in [4.69, 9.17) is 4.98 Å². The van der Waals surface area contributed by atoms with Crippen LogP contribution in [-0.4, -0.2) is 137 Å². The zero-order valence-electron chi connectivity index (χ0n) is 35.8. The quantitative estimate of drug-likeness (QED) is 0.158. The minimum atomic E-state index is -1.27. The standard InChI is InChI=1S/C43H62N10O6S/c1-29-10-8-12-34(29)53-39-33(43(19-20-43)41(53)58)25-45-42(47-39)46-31-17-21-50(22-18-31)60(59)51-26-32(27-51)49(5)38(56)14-7-6-11-30-15-16-35(37(24-30)48(3)4)52(28-55)36(13-9-23-54)40(57)44-2/h15-16,23-25,28-29,31-32,34,36H,6-14,17-22,26-27H2,1-5H3,(H,44,57)(H,45,46,47). The van der Waals surface area contributed by atoms with E-state index in [-0.39, 0.29) is 48.7 Å². The summed E-state index contributed by atoms with van der Waals surface area (Å²) in [6, 6.07) is 5.34. The van der Waals surface area contributed by atoms with Crippen molar-refractivity contribution in [3.05, 3.63) is 35.5 Å². The third-order valence-corrected chi connectivity index (χ3v) is 15.0. The Kier molecular flexibility index (Phi) is 13.5. The predicted octanol–water partition coefficient (Wildman–Crippen LogP) is 3.18. The number of rotatable bonds is 19. The highest BCUT2D eigenvalue weighted by molar-refractivity contribution is 7.80. The van der Waals surface area contributed by atoms with Crippen molar-refractivity contribution in [2.75, 3.05) is 74.4 Å². The Morgan fingerprint density at radius 3 is 2.42 bits per heavy atom. The van der Waals surface area contributed by atoms with Crippen LogP contribution in [0, 0.1) is 5.92 Å². The van der Waals surface area contributed by atoms with Gasteiger partial charge in [0.05, 0.1) is 22.8 Å². The van der Waals surface area contributed by atoms with Crippen molar-refractivity contribution in [2.24, 2.45) is 5.92 Å². The third-order valence-electron chi connectivity index (χ3n) is 13.5. The maximum atomic E-state index is 13.6. The lowest BCUT2D eigenvalue weighted by atomic mass is 10.0. The van der Waals surface area contributed by atoms with E-state index in [1.165, 1.54) is 11.9 Å². The molecule has 4 atom stereocenters. The van der Waals surface area contributed by atoms with Crippen LogP contribution < -0.4 is 25.3 Å². The summed E-state index contributed by atoms with van der Waals surface area (Å²) in [5.41, 5.74) is 3.01. The van der Waals surface area contributed by atoms with E-state index < -0.39 is 22.6 Å². The van der Waals surface area contributed by atoms with E-state index in [0.717, 1.165) is 86.7 Å². The number of carbonyl (C=O) groups is 5. The van der Waals surface area contributed by atoms with Crippen LogP contribution in [0.5, 0.6) is 0 Å². The molecule has 2 aliphatic carbocycles. The van der Waals surface area contributed by atoms with Crippen molar-refractivity contribution in [2.45, 2.75) is 120 Å². The summed E-state index contributed by atoms with van der Waals surface area (Å²) in [7, 11) is 7.10.